The van der Waals surface area contributed by atoms with Crippen molar-refractivity contribution in [1.82, 2.24) is 4.90 Å². The highest BCUT2D eigenvalue weighted by Crippen LogP contribution is 2.31. The van der Waals surface area contributed by atoms with Gasteiger partial charge in [0, 0.05) is 13.1 Å². The average molecular weight is 281 g/mol. The molecule has 2 heterocycles. The molecular weight excluding hydrogens is 263 g/mol. The molecule has 1 atom stereocenters. The molecule has 1 unspecified atom stereocenters. The summed E-state index contributed by atoms with van der Waals surface area (Å²) < 4.78 is 0.927. The molecule has 2 rings (SSSR count). The molecular formula is C11H18Cl2N2S. The third kappa shape index (κ3) is 3.11. The average Bonchev–Trinajstić information content (AvgIpc) is 2.77. The fraction of sp³-hybridized carbons (Fsp3) is 0.636. The van der Waals surface area contributed by atoms with Crippen LogP contribution in [0.15, 0.2) is 11.4 Å². The lowest BCUT2D eigenvalue weighted by atomic mass is 9.90. The predicted octanol–water partition coefficient (Wildman–Crippen LogP) is 2.99. The molecule has 1 aromatic heterocycles. The molecule has 2 N–H and O–H groups in total. The Bertz CT molecular complexity index is 342. The van der Waals surface area contributed by atoms with Crippen LogP contribution in [0.4, 0.5) is 0 Å². The summed E-state index contributed by atoms with van der Waals surface area (Å²) in [7, 11) is 0. The predicted molar refractivity (Wildman–Crippen MR) is 73.6 cm³/mol. The van der Waals surface area contributed by atoms with Crippen molar-refractivity contribution in [2.24, 2.45) is 11.1 Å². The second kappa shape index (κ2) is 5.69. The molecule has 0 aliphatic carbocycles. The van der Waals surface area contributed by atoms with E-state index in [1.54, 1.807) is 11.3 Å². The maximum absolute atomic E-state index is 6.09. The maximum atomic E-state index is 6.09. The second-order valence-corrected chi connectivity index (χ2v) is 6.21. The lowest BCUT2D eigenvalue weighted by Gasteiger charge is -2.22. The van der Waals surface area contributed by atoms with Crippen LogP contribution in [0, 0.1) is 5.41 Å². The zero-order valence-corrected chi connectivity index (χ0v) is 11.8. The monoisotopic (exact) mass is 280 g/mol. The molecule has 0 radical (unpaired) electrons. The van der Waals surface area contributed by atoms with Crippen LogP contribution in [0.1, 0.15) is 18.9 Å². The van der Waals surface area contributed by atoms with Gasteiger partial charge in [-0.3, -0.25) is 4.90 Å². The van der Waals surface area contributed by atoms with Crippen LogP contribution in [0.5, 0.6) is 0 Å². The van der Waals surface area contributed by atoms with E-state index in [1.165, 1.54) is 12.0 Å². The van der Waals surface area contributed by atoms with Crippen molar-refractivity contribution in [3.8, 4) is 0 Å². The summed E-state index contributed by atoms with van der Waals surface area (Å²) in [6, 6.07) is 2.12. The molecule has 2 nitrogen and oxygen atoms in total. The second-order valence-electron chi connectivity index (χ2n) is 4.69. The van der Waals surface area contributed by atoms with E-state index in [1.807, 2.05) is 0 Å². The molecule has 0 aromatic carbocycles. The van der Waals surface area contributed by atoms with Gasteiger partial charge in [0.1, 0.15) is 0 Å². The Morgan fingerprint density at radius 1 is 1.62 bits per heavy atom. The highest BCUT2D eigenvalue weighted by molar-refractivity contribution is 7.14. The lowest BCUT2D eigenvalue weighted by Crippen LogP contribution is -2.31. The number of hydrogen-bond acceptors (Lipinski definition) is 3. The summed E-state index contributed by atoms with van der Waals surface area (Å²) in [5, 5.41) is 2.05. The van der Waals surface area contributed by atoms with Crippen LogP contribution in [-0.4, -0.2) is 24.5 Å². The Hall–Kier alpha value is 0.200. The first-order valence-corrected chi connectivity index (χ1v) is 6.53. The van der Waals surface area contributed by atoms with Gasteiger partial charge in [-0.2, -0.15) is 0 Å². The van der Waals surface area contributed by atoms with E-state index in [0.29, 0.717) is 5.41 Å². The number of hydrogen-bond donors (Lipinski definition) is 1. The van der Waals surface area contributed by atoms with E-state index in [0.717, 1.165) is 30.5 Å². The largest absolute Gasteiger partial charge is 0.330 e. The van der Waals surface area contributed by atoms with Gasteiger partial charge in [0.25, 0.3) is 0 Å². The fourth-order valence-corrected chi connectivity index (χ4v) is 3.01. The van der Waals surface area contributed by atoms with Crippen LogP contribution in [0.25, 0.3) is 0 Å². The quantitative estimate of drug-likeness (QED) is 0.923. The van der Waals surface area contributed by atoms with E-state index in [9.17, 15) is 0 Å². The van der Waals surface area contributed by atoms with Crippen molar-refractivity contribution in [2.45, 2.75) is 19.9 Å². The highest BCUT2D eigenvalue weighted by atomic mass is 35.5. The third-order valence-corrected chi connectivity index (χ3v) is 4.47. The first kappa shape index (κ1) is 14.3. The van der Waals surface area contributed by atoms with Gasteiger partial charge in [0.05, 0.1) is 4.34 Å². The van der Waals surface area contributed by atoms with Gasteiger partial charge in [-0.05, 0) is 41.9 Å². The number of nitrogens with two attached hydrogens (primary N) is 1. The minimum absolute atomic E-state index is 0. The normalized spacial score (nSPS) is 25.7. The standard InChI is InChI=1S/C11H17ClN2S.ClH/c1-11(7-13)3-4-14(8-11)6-9-2-5-15-10(9)12;/h2,5H,3-4,6-8,13H2,1H3;1H. The number of halogens is 2. The van der Waals surface area contributed by atoms with Crippen molar-refractivity contribution in [2.75, 3.05) is 19.6 Å². The van der Waals surface area contributed by atoms with Crippen LogP contribution in [0.2, 0.25) is 4.34 Å². The van der Waals surface area contributed by atoms with E-state index >= 15 is 0 Å². The zero-order chi connectivity index (χ0) is 10.9. The van der Waals surface area contributed by atoms with Crippen molar-refractivity contribution >= 4 is 35.3 Å². The van der Waals surface area contributed by atoms with Gasteiger partial charge in [0.15, 0.2) is 0 Å². The number of rotatable bonds is 3. The highest BCUT2D eigenvalue weighted by Gasteiger charge is 2.32. The number of thiophene rings is 1. The number of likely N-dealkylation sites (tertiary alicyclic amines) is 1. The molecule has 0 spiro atoms. The maximum Gasteiger partial charge on any atom is 0.0973 e. The van der Waals surface area contributed by atoms with E-state index in [-0.39, 0.29) is 12.4 Å². The van der Waals surface area contributed by atoms with Crippen LogP contribution in [-0.2, 0) is 6.54 Å². The molecule has 0 amide bonds. The molecule has 0 saturated carbocycles. The van der Waals surface area contributed by atoms with E-state index in [2.05, 4.69) is 23.3 Å². The molecule has 1 aromatic rings. The summed E-state index contributed by atoms with van der Waals surface area (Å²) in [6.45, 7) is 6.25. The first-order chi connectivity index (χ1) is 7.13. The van der Waals surface area contributed by atoms with Gasteiger partial charge in [0.2, 0.25) is 0 Å². The Kier molecular flexibility index (Phi) is 5.08. The minimum atomic E-state index is 0. The van der Waals surface area contributed by atoms with Crippen LogP contribution < -0.4 is 5.73 Å². The van der Waals surface area contributed by atoms with Crippen LogP contribution in [0.3, 0.4) is 0 Å². The van der Waals surface area contributed by atoms with Gasteiger partial charge in [-0.1, -0.05) is 18.5 Å². The zero-order valence-electron chi connectivity index (χ0n) is 9.41. The Morgan fingerprint density at radius 2 is 2.38 bits per heavy atom. The Balaban J connectivity index is 0.00000128. The summed E-state index contributed by atoms with van der Waals surface area (Å²) >= 11 is 7.70. The topological polar surface area (TPSA) is 29.3 Å². The number of nitrogens with zero attached hydrogens (tertiary/aromatic N) is 1. The van der Waals surface area contributed by atoms with Crippen molar-refractivity contribution < 1.29 is 0 Å². The van der Waals surface area contributed by atoms with Crippen molar-refractivity contribution in [3.63, 3.8) is 0 Å². The van der Waals surface area contributed by atoms with Crippen molar-refractivity contribution in [3.05, 3.63) is 21.3 Å². The fourth-order valence-electron chi connectivity index (χ4n) is 2.10. The molecule has 1 aliphatic rings. The molecule has 16 heavy (non-hydrogen) atoms. The van der Waals surface area contributed by atoms with Gasteiger partial charge in [-0.25, -0.2) is 0 Å². The molecule has 1 fully saturated rings. The summed E-state index contributed by atoms with van der Waals surface area (Å²) in [4.78, 5) is 2.45. The molecule has 1 saturated heterocycles. The Labute approximate surface area is 112 Å². The van der Waals surface area contributed by atoms with E-state index in [4.69, 9.17) is 17.3 Å². The lowest BCUT2D eigenvalue weighted by molar-refractivity contribution is 0.275. The van der Waals surface area contributed by atoms with Gasteiger partial charge < -0.3 is 5.73 Å². The van der Waals surface area contributed by atoms with Gasteiger partial charge >= 0.3 is 0 Å². The Morgan fingerprint density at radius 3 is 2.88 bits per heavy atom. The van der Waals surface area contributed by atoms with Crippen LogP contribution >= 0.6 is 35.3 Å². The smallest absolute Gasteiger partial charge is 0.0973 e. The molecule has 0 bridgehead atoms. The van der Waals surface area contributed by atoms with Gasteiger partial charge in [-0.15, -0.1) is 23.7 Å². The molecule has 5 heteroatoms. The van der Waals surface area contributed by atoms with E-state index < -0.39 is 0 Å². The first-order valence-electron chi connectivity index (χ1n) is 5.27. The minimum Gasteiger partial charge on any atom is -0.330 e. The SMILES string of the molecule is CC1(CN)CCN(Cc2ccsc2Cl)C1.Cl. The summed E-state index contributed by atoms with van der Waals surface area (Å²) in [6.07, 6.45) is 1.20. The summed E-state index contributed by atoms with van der Waals surface area (Å²) in [5.74, 6) is 0. The summed E-state index contributed by atoms with van der Waals surface area (Å²) in [5.41, 5.74) is 7.34. The molecule has 92 valence electrons. The third-order valence-electron chi connectivity index (χ3n) is 3.22. The van der Waals surface area contributed by atoms with Crippen molar-refractivity contribution in [1.29, 1.82) is 0 Å². The molecule has 1 aliphatic heterocycles.